The molecule has 0 atom stereocenters. The van der Waals surface area contributed by atoms with Gasteiger partial charge in [0.05, 0.1) is 0 Å². The predicted octanol–water partition coefficient (Wildman–Crippen LogP) is 3.39. The van der Waals surface area contributed by atoms with Gasteiger partial charge < -0.3 is 20.5 Å². The van der Waals surface area contributed by atoms with Crippen molar-refractivity contribution in [2.24, 2.45) is 10.9 Å². The summed E-state index contributed by atoms with van der Waals surface area (Å²) >= 11 is 0. The molecule has 1 fully saturated rings. The van der Waals surface area contributed by atoms with Gasteiger partial charge in [-0.05, 0) is 43.2 Å². The minimum Gasteiger partial charge on any atom is -0.361 e. The van der Waals surface area contributed by atoms with Crippen molar-refractivity contribution in [3.8, 4) is 0 Å². The molecule has 2 heterocycles. The van der Waals surface area contributed by atoms with Crippen LogP contribution in [0.5, 0.6) is 0 Å². The van der Waals surface area contributed by atoms with Gasteiger partial charge in [-0.15, -0.1) is 0 Å². The molecular weight excluding hydrogens is 334 g/mol. The Balaban J connectivity index is 1.37. The van der Waals surface area contributed by atoms with Gasteiger partial charge in [-0.1, -0.05) is 32.0 Å². The maximum absolute atomic E-state index is 4.41. The normalized spacial score (nSPS) is 17.0. The number of H-pyrrole nitrogens is 1. The Morgan fingerprint density at radius 2 is 2.04 bits per heavy atom. The van der Waals surface area contributed by atoms with Crippen molar-refractivity contribution >= 4 is 16.9 Å². The fraction of sp³-hybridized carbons (Fsp3) is 0.591. The molecule has 3 N–H and O–H groups in total. The highest BCUT2D eigenvalue weighted by Crippen LogP contribution is 2.18. The number of likely N-dealkylation sites (tertiary alicyclic amines) is 1. The number of aromatic nitrogens is 1. The van der Waals surface area contributed by atoms with E-state index in [0.29, 0.717) is 6.04 Å². The van der Waals surface area contributed by atoms with E-state index in [9.17, 15) is 0 Å². The molecule has 5 nitrogen and oxygen atoms in total. The number of piperidine rings is 1. The number of hydrogen-bond donors (Lipinski definition) is 3. The molecule has 1 aromatic heterocycles. The summed E-state index contributed by atoms with van der Waals surface area (Å²) < 4.78 is 0. The van der Waals surface area contributed by atoms with E-state index in [4.69, 9.17) is 0 Å². The minimum atomic E-state index is 0.535. The summed E-state index contributed by atoms with van der Waals surface area (Å²) in [7, 11) is 1.86. The maximum atomic E-state index is 4.41. The molecule has 1 aliphatic heterocycles. The van der Waals surface area contributed by atoms with E-state index in [1.54, 1.807) is 0 Å². The summed E-state index contributed by atoms with van der Waals surface area (Å²) in [5.41, 5.74) is 2.62. The number of aliphatic imine (C=N–C) groups is 1. The largest absolute Gasteiger partial charge is 0.361 e. The number of nitrogens with one attached hydrogen (secondary N) is 3. The number of aryl methyl sites for hydroxylation is 1. The molecule has 3 rings (SSSR count). The Labute approximate surface area is 163 Å². The molecule has 0 bridgehead atoms. The Morgan fingerprint density at radius 1 is 1.26 bits per heavy atom. The first-order valence-electron chi connectivity index (χ1n) is 10.4. The SMILES string of the molecule is CN=C(NCCCc1c[nH]c2ccccc12)NC1CCN(CC(C)C)CC1. The third-order valence-electron chi connectivity index (χ3n) is 5.37. The second kappa shape index (κ2) is 9.79. The van der Waals surface area contributed by atoms with Gasteiger partial charge in [-0.25, -0.2) is 0 Å². The number of guanidine groups is 1. The first-order chi connectivity index (χ1) is 13.2. The molecule has 1 aromatic carbocycles. The van der Waals surface area contributed by atoms with Crippen LogP contribution in [0.1, 0.15) is 38.7 Å². The molecular formula is C22H35N5. The lowest BCUT2D eigenvalue weighted by atomic mass is 10.0. The standard InChI is InChI=1S/C22H35N5/c1-17(2)16-27-13-10-19(11-14-27)26-22(23-3)24-12-6-7-18-15-25-21-9-5-4-8-20(18)21/h4-5,8-9,15,17,19,25H,6-7,10-14,16H2,1-3H3,(H2,23,24,26). The van der Waals surface area contributed by atoms with Crippen molar-refractivity contribution in [3.63, 3.8) is 0 Å². The Hall–Kier alpha value is -2.01. The van der Waals surface area contributed by atoms with Gasteiger partial charge in [0.25, 0.3) is 0 Å². The number of para-hydroxylation sites is 1. The third-order valence-corrected chi connectivity index (χ3v) is 5.37. The van der Waals surface area contributed by atoms with Crippen LogP contribution in [0.3, 0.4) is 0 Å². The fourth-order valence-corrected chi connectivity index (χ4v) is 3.99. The van der Waals surface area contributed by atoms with Crippen molar-refractivity contribution in [2.75, 3.05) is 33.2 Å². The van der Waals surface area contributed by atoms with Crippen LogP contribution in [0.2, 0.25) is 0 Å². The lowest BCUT2D eigenvalue weighted by molar-refractivity contribution is 0.187. The summed E-state index contributed by atoms with van der Waals surface area (Å²) in [6, 6.07) is 9.05. The zero-order valence-electron chi connectivity index (χ0n) is 17.1. The molecule has 0 radical (unpaired) electrons. The van der Waals surface area contributed by atoms with Crippen molar-refractivity contribution in [1.82, 2.24) is 20.5 Å². The Kier molecular flexibility index (Phi) is 7.16. The van der Waals surface area contributed by atoms with Crippen molar-refractivity contribution in [3.05, 3.63) is 36.0 Å². The molecule has 0 saturated carbocycles. The third kappa shape index (κ3) is 5.73. The highest BCUT2D eigenvalue weighted by atomic mass is 15.2. The van der Waals surface area contributed by atoms with E-state index in [1.807, 2.05) is 7.05 Å². The van der Waals surface area contributed by atoms with E-state index < -0.39 is 0 Å². The highest BCUT2D eigenvalue weighted by molar-refractivity contribution is 5.83. The highest BCUT2D eigenvalue weighted by Gasteiger charge is 2.20. The summed E-state index contributed by atoms with van der Waals surface area (Å²) in [6.45, 7) is 9.12. The van der Waals surface area contributed by atoms with Gasteiger partial charge in [0.15, 0.2) is 5.96 Å². The van der Waals surface area contributed by atoms with E-state index in [2.05, 4.69) is 69.8 Å². The monoisotopic (exact) mass is 369 g/mol. The molecule has 148 valence electrons. The fourth-order valence-electron chi connectivity index (χ4n) is 3.99. The molecule has 0 spiro atoms. The van der Waals surface area contributed by atoms with Crippen LogP contribution >= 0.6 is 0 Å². The smallest absolute Gasteiger partial charge is 0.191 e. The van der Waals surface area contributed by atoms with Crippen LogP contribution in [-0.4, -0.2) is 55.1 Å². The first kappa shape index (κ1) is 19.7. The van der Waals surface area contributed by atoms with Crippen molar-refractivity contribution in [2.45, 2.75) is 45.6 Å². The van der Waals surface area contributed by atoms with E-state index in [0.717, 1.165) is 31.3 Å². The summed E-state index contributed by atoms with van der Waals surface area (Å²) in [6.07, 6.45) is 6.70. The van der Waals surface area contributed by atoms with Crippen LogP contribution < -0.4 is 10.6 Å². The van der Waals surface area contributed by atoms with Crippen molar-refractivity contribution in [1.29, 1.82) is 0 Å². The van der Waals surface area contributed by atoms with Crippen LogP contribution in [0, 0.1) is 5.92 Å². The second-order valence-corrected chi connectivity index (χ2v) is 8.08. The molecule has 1 aliphatic rings. The minimum absolute atomic E-state index is 0.535. The summed E-state index contributed by atoms with van der Waals surface area (Å²) in [4.78, 5) is 10.4. The van der Waals surface area contributed by atoms with Gasteiger partial charge in [0.2, 0.25) is 0 Å². The first-order valence-corrected chi connectivity index (χ1v) is 10.4. The lowest BCUT2D eigenvalue weighted by Crippen LogP contribution is -2.49. The van der Waals surface area contributed by atoms with Crippen LogP contribution in [0.25, 0.3) is 10.9 Å². The average molecular weight is 370 g/mol. The zero-order valence-corrected chi connectivity index (χ0v) is 17.1. The Morgan fingerprint density at radius 3 is 2.78 bits per heavy atom. The zero-order chi connectivity index (χ0) is 19.1. The molecule has 2 aromatic rings. The predicted molar refractivity (Wildman–Crippen MR) is 115 cm³/mol. The molecule has 1 saturated heterocycles. The van der Waals surface area contributed by atoms with Crippen LogP contribution in [-0.2, 0) is 6.42 Å². The number of aromatic amines is 1. The number of nitrogens with zero attached hydrogens (tertiary/aromatic N) is 2. The van der Waals surface area contributed by atoms with E-state index in [-0.39, 0.29) is 0 Å². The Bertz CT molecular complexity index is 725. The van der Waals surface area contributed by atoms with Crippen molar-refractivity contribution < 1.29 is 0 Å². The number of fused-ring (bicyclic) bond motifs is 1. The summed E-state index contributed by atoms with van der Waals surface area (Å²) in [5.74, 6) is 1.69. The quantitative estimate of drug-likeness (QED) is 0.398. The number of rotatable bonds is 7. The molecule has 5 heteroatoms. The molecule has 0 unspecified atom stereocenters. The molecule has 0 amide bonds. The second-order valence-electron chi connectivity index (χ2n) is 8.08. The summed E-state index contributed by atoms with van der Waals surface area (Å²) in [5, 5.41) is 8.44. The average Bonchev–Trinajstić information content (AvgIpc) is 3.08. The van der Waals surface area contributed by atoms with Gasteiger partial charge in [0, 0.05) is 56.4 Å². The van der Waals surface area contributed by atoms with E-state index >= 15 is 0 Å². The van der Waals surface area contributed by atoms with Gasteiger partial charge in [-0.3, -0.25) is 4.99 Å². The maximum Gasteiger partial charge on any atom is 0.191 e. The van der Waals surface area contributed by atoms with Gasteiger partial charge in [-0.2, -0.15) is 0 Å². The lowest BCUT2D eigenvalue weighted by Gasteiger charge is -2.34. The molecule has 27 heavy (non-hydrogen) atoms. The van der Waals surface area contributed by atoms with Gasteiger partial charge >= 0.3 is 0 Å². The topological polar surface area (TPSA) is 55.5 Å². The van der Waals surface area contributed by atoms with Crippen LogP contribution in [0.4, 0.5) is 0 Å². The molecule has 0 aliphatic carbocycles. The van der Waals surface area contributed by atoms with Crippen LogP contribution in [0.15, 0.2) is 35.5 Å². The van der Waals surface area contributed by atoms with Gasteiger partial charge in [0.1, 0.15) is 0 Å². The number of benzene rings is 1. The number of hydrogen-bond acceptors (Lipinski definition) is 2. The van der Waals surface area contributed by atoms with E-state index in [1.165, 1.54) is 48.9 Å².